The van der Waals surface area contributed by atoms with Crippen molar-refractivity contribution in [2.24, 2.45) is 0 Å². The molecule has 0 saturated carbocycles. The molecule has 1 aliphatic rings. The number of aryl methyl sites for hydroxylation is 1. The average Bonchev–Trinajstić information content (AvgIpc) is 2.72. The van der Waals surface area contributed by atoms with E-state index in [1.165, 1.54) is 18.3 Å². The van der Waals surface area contributed by atoms with Gasteiger partial charge in [-0.2, -0.15) is 5.26 Å². The summed E-state index contributed by atoms with van der Waals surface area (Å²) < 4.78 is 5.90. The second-order valence-corrected chi connectivity index (χ2v) is 6.20. The number of hydrogen-bond acceptors (Lipinski definition) is 6. The molecule has 3 aromatic rings. The van der Waals surface area contributed by atoms with Crippen molar-refractivity contribution in [1.82, 2.24) is 19.9 Å². The summed E-state index contributed by atoms with van der Waals surface area (Å²) in [6.07, 6.45) is 11.1. The van der Waals surface area contributed by atoms with Gasteiger partial charge in [0.2, 0.25) is 5.88 Å². The summed E-state index contributed by atoms with van der Waals surface area (Å²) in [6.45, 7) is 0.270. The first-order valence-electron chi connectivity index (χ1n) is 8.59. The van der Waals surface area contributed by atoms with Crippen molar-refractivity contribution < 1.29 is 4.74 Å². The van der Waals surface area contributed by atoms with Gasteiger partial charge < -0.3 is 4.74 Å². The minimum absolute atomic E-state index is 0.270. The Morgan fingerprint density at radius 3 is 2.81 bits per heavy atom. The Morgan fingerprint density at radius 2 is 1.96 bits per heavy atom. The van der Waals surface area contributed by atoms with Crippen LogP contribution in [0.2, 0.25) is 0 Å². The zero-order valence-electron chi connectivity index (χ0n) is 14.2. The van der Waals surface area contributed by atoms with Gasteiger partial charge in [0.15, 0.2) is 0 Å². The third-order valence-electron chi connectivity index (χ3n) is 4.46. The highest BCUT2D eigenvalue weighted by molar-refractivity contribution is 5.68. The summed E-state index contributed by atoms with van der Waals surface area (Å²) >= 11 is 0. The van der Waals surface area contributed by atoms with Crippen molar-refractivity contribution in [2.75, 3.05) is 0 Å². The molecule has 0 amide bonds. The van der Waals surface area contributed by atoms with Crippen molar-refractivity contribution >= 4 is 0 Å². The normalized spacial score (nSPS) is 12.9. The molecule has 0 aliphatic heterocycles. The van der Waals surface area contributed by atoms with Crippen LogP contribution in [0.25, 0.3) is 11.1 Å². The predicted octanol–water partition coefficient (Wildman–Crippen LogP) is 3.26. The van der Waals surface area contributed by atoms with Gasteiger partial charge in [-0.05, 0) is 48.9 Å². The monoisotopic (exact) mass is 343 g/mol. The fourth-order valence-corrected chi connectivity index (χ4v) is 3.22. The minimum Gasteiger partial charge on any atom is -0.471 e. The van der Waals surface area contributed by atoms with Crippen molar-refractivity contribution in [3.8, 4) is 23.1 Å². The Labute approximate surface area is 151 Å². The Hall–Kier alpha value is -3.33. The summed E-state index contributed by atoms with van der Waals surface area (Å²) in [6, 6.07) is 7.47. The Morgan fingerprint density at radius 1 is 1.12 bits per heavy atom. The summed E-state index contributed by atoms with van der Waals surface area (Å²) in [5.41, 5.74) is 5.69. The van der Waals surface area contributed by atoms with Crippen LogP contribution in [0.4, 0.5) is 0 Å². The highest BCUT2D eigenvalue weighted by Crippen LogP contribution is 2.33. The maximum absolute atomic E-state index is 9.00. The number of rotatable bonds is 4. The molecule has 0 N–H and O–H groups in total. The smallest absolute Gasteiger partial charge is 0.214 e. The molecule has 1 aliphatic carbocycles. The molecule has 26 heavy (non-hydrogen) atoms. The quantitative estimate of drug-likeness (QED) is 0.723. The van der Waals surface area contributed by atoms with Gasteiger partial charge in [0.1, 0.15) is 12.9 Å². The molecule has 0 unspecified atom stereocenters. The first kappa shape index (κ1) is 16.2. The highest BCUT2D eigenvalue weighted by Gasteiger charge is 2.18. The number of ether oxygens (including phenoxy) is 1. The van der Waals surface area contributed by atoms with Gasteiger partial charge in [-0.15, -0.1) is 0 Å². The number of aromatic nitrogens is 4. The van der Waals surface area contributed by atoms with E-state index < -0.39 is 0 Å². The molecular formula is C20H17N5O. The van der Waals surface area contributed by atoms with Crippen LogP contribution in [0.1, 0.15) is 35.4 Å². The second kappa shape index (κ2) is 7.28. The first-order valence-corrected chi connectivity index (χ1v) is 8.59. The van der Waals surface area contributed by atoms with Crippen LogP contribution in [0.5, 0.6) is 5.88 Å². The van der Waals surface area contributed by atoms with Crippen molar-refractivity contribution in [3.05, 3.63) is 65.6 Å². The minimum atomic E-state index is 0.270. The van der Waals surface area contributed by atoms with Crippen LogP contribution < -0.4 is 4.74 Å². The number of nitriles is 1. The molecule has 0 spiro atoms. The third kappa shape index (κ3) is 3.38. The summed E-state index contributed by atoms with van der Waals surface area (Å²) in [5.74, 6) is 0.564. The van der Waals surface area contributed by atoms with Crippen LogP contribution >= 0.6 is 0 Å². The summed E-state index contributed by atoms with van der Waals surface area (Å²) in [7, 11) is 0. The van der Waals surface area contributed by atoms with Gasteiger partial charge in [-0.3, -0.25) is 4.98 Å². The fourth-order valence-electron chi connectivity index (χ4n) is 3.22. The molecule has 0 atom stereocenters. The molecule has 0 fully saturated rings. The lowest BCUT2D eigenvalue weighted by atomic mass is 9.90. The van der Waals surface area contributed by atoms with Crippen molar-refractivity contribution in [3.63, 3.8) is 0 Å². The van der Waals surface area contributed by atoms with E-state index >= 15 is 0 Å². The number of hydrogen-bond donors (Lipinski definition) is 0. The van der Waals surface area contributed by atoms with Gasteiger partial charge in [-0.1, -0.05) is 0 Å². The first-order chi connectivity index (χ1) is 12.8. The van der Waals surface area contributed by atoms with Gasteiger partial charge in [0.25, 0.3) is 0 Å². The van der Waals surface area contributed by atoms with Crippen LogP contribution in [0, 0.1) is 11.3 Å². The van der Waals surface area contributed by atoms with Crippen LogP contribution in [0.15, 0.2) is 43.1 Å². The van der Waals surface area contributed by atoms with Gasteiger partial charge in [0.05, 0.1) is 17.3 Å². The van der Waals surface area contributed by atoms with E-state index in [-0.39, 0.29) is 6.61 Å². The van der Waals surface area contributed by atoms with Gasteiger partial charge in [0, 0.05) is 35.9 Å². The number of pyridine rings is 2. The lowest BCUT2D eigenvalue weighted by Gasteiger charge is -2.20. The molecule has 3 heterocycles. The molecule has 4 rings (SSSR count). The molecule has 0 bridgehead atoms. The van der Waals surface area contributed by atoms with Gasteiger partial charge >= 0.3 is 0 Å². The van der Waals surface area contributed by atoms with E-state index in [0.29, 0.717) is 17.1 Å². The lowest BCUT2D eigenvalue weighted by Crippen LogP contribution is -2.09. The molecule has 6 heteroatoms. The topological polar surface area (TPSA) is 84.6 Å². The SMILES string of the molecule is N#Cc1ccnc(COc2cc(-c3cncnc3)c3c(n2)CCCC3)c1. The number of fused-ring (bicyclic) bond motifs is 1. The average molecular weight is 343 g/mol. The standard InChI is InChI=1S/C20H17N5O/c21-9-14-5-6-24-16(7-14)12-26-20-8-18(15-10-22-13-23-11-15)17-3-1-2-4-19(17)25-20/h5-8,10-11,13H,1-4,12H2. The lowest BCUT2D eigenvalue weighted by molar-refractivity contribution is 0.288. The van der Waals surface area contributed by atoms with E-state index in [0.717, 1.165) is 36.1 Å². The van der Waals surface area contributed by atoms with Crippen LogP contribution in [0.3, 0.4) is 0 Å². The van der Waals surface area contributed by atoms with Gasteiger partial charge in [-0.25, -0.2) is 15.0 Å². The molecule has 6 nitrogen and oxygen atoms in total. The molecule has 0 aromatic carbocycles. The van der Waals surface area contributed by atoms with E-state index in [4.69, 9.17) is 15.0 Å². The predicted molar refractivity (Wildman–Crippen MR) is 95.2 cm³/mol. The third-order valence-corrected chi connectivity index (χ3v) is 4.46. The zero-order valence-corrected chi connectivity index (χ0v) is 14.2. The Balaban J connectivity index is 1.65. The van der Waals surface area contributed by atoms with Crippen molar-refractivity contribution in [2.45, 2.75) is 32.3 Å². The molecule has 0 saturated heterocycles. The molecule has 3 aromatic heterocycles. The van der Waals surface area contributed by atoms with E-state index in [1.54, 1.807) is 18.3 Å². The van der Waals surface area contributed by atoms with Crippen LogP contribution in [-0.4, -0.2) is 19.9 Å². The Bertz CT molecular complexity index is 966. The van der Waals surface area contributed by atoms with E-state index in [9.17, 15) is 0 Å². The summed E-state index contributed by atoms with van der Waals surface area (Å²) in [4.78, 5) is 17.2. The second-order valence-electron chi connectivity index (χ2n) is 6.20. The Kier molecular flexibility index (Phi) is 4.52. The molecule has 0 radical (unpaired) electrons. The van der Waals surface area contributed by atoms with E-state index in [2.05, 4.69) is 21.0 Å². The van der Waals surface area contributed by atoms with Crippen LogP contribution in [-0.2, 0) is 19.4 Å². The fraction of sp³-hybridized carbons (Fsp3) is 0.250. The highest BCUT2D eigenvalue weighted by atomic mass is 16.5. The zero-order chi connectivity index (χ0) is 17.8. The maximum atomic E-state index is 9.00. The molecular weight excluding hydrogens is 326 g/mol. The summed E-state index contributed by atoms with van der Waals surface area (Å²) in [5, 5.41) is 9.00. The largest absolute Gasteiger partial charge is 0.471 e. The molecule has 128 valence electrons. The maximum Gasteiger partial charge on any atom is 0.214 e. The number of nitrogens with zero attached hydrogens (tertiary/aromatic N) is 5. The van der Waals surface area contributed by atoms with E-state index in [1.807, 2.05) is 18.5 Å². The van der Waals surface area contributed by atoms with Crippen molar-refractivity contribution in [1.29, 1.82) is 5.26 Å².